The van der Waals surface area contributed by atoms with Crippen LogP contribution in [0.5, 0.6) is 0 Å². The first-order valence-electron chi connectivity index (χ1n) is 5.29. The lowest BCUT2D eigenvalue weighted by Crippen LogP contribution is -2.05. The molecule has 1 N–H and O–H groups in total. The van der Waals surface area contributed by atoms with Crippen LogP contribution in [0.3, 0.4) is 0 Å². The molecule has 0 amide bonds. The molecule has 2 aromatic rings. The fraction of sp³-hybridized carbons (Fsp3) is 0.0769. The van der Waals surface area contributed by atoms with Gasteiger partial charge in [0, 0.05) is 22.7 Å². The van der Waals surface area contributed by atoms with Crippen LogP contribution in [-0.4, -0.2) is 16.1 Å². The van der Waals surface area contributed by atoms with Crippen LogP contribution >= 0.6 is 27.5 Å². The summed E-state index contributed by atoms with van der Waals surface area (Å²) in [5.41, 5.74) is 0.695. The third-order valence-corrected chi connectivity index (χ3v) is 3.43. The lowest BCUT2D eigenvalue weighted by molar-refractivity contribution is 0.0695. The molecule has 1 aromatic heterocycles. The molecule has 0 saturated heterocycles. The van der Waals surface area contributed by atoms with E-state index in [9.17, 15) is 9.18 Å². The zero-order valence-corrected chi connectivity index (χ0v) is 11.9. The zero-order chi connectivity index (χ0) is 14.0. The molecule has 0 saturated carbocycles. The lowest BCUT2D eigenvalue weighted by Gasteiger charge is -2.08. The van der Waals surface area contributed by atoms with Crippen molar-refractivity contribution >= 4 is 33.5 Å². The van der Waals surface area contributed by atoms with E-state index < -0.39 is 11.8 Å². The molecule has 6 heteroatoms. The van der Waals surface area contributed by atoms with Crippen LogP contribution in [0.25, 0.3) is 0 Å². The van der Waals surface area contributed by atoms with Gasteiger partial charge in [-0.25, -0.2) is 14.2 Å². The number of benzene rings is 1. The number of carbonyl (C=O) groups is 1. The van der Waals surface area contributed by atoms with Gasteiger partial charge in [0.2, 0.25) is 0 Å². The lowest BCUT2D eigenvalue weighted by atomic mass is 10.0. The number of carboxylic acid groups (broad SMARTS) is 1. The second-order valence-electron chi connectivity index (χ2n) is 3.85. The summed E-state index contributed by atoms with van der Waals surface area (Å²) in [5.74, 6) is -1.54. The van der Waals surface area contributed by atoms with Gasteiger partial charge in [-0.15, -0.1) is 0 Å². The van der Waals surface area contributed by atoms with E-state index in [0.717, 1.165) is 0 Å². The molecule has 1 heterocycles. The molecular weight excluding hydrogens is 337 g/mol. The van der Waals surface area contributed by atoms with Crippen LogP contribution in [0.2, 0.25) is 5.15 Å². The number of halogens is 3. The van der Waals surface area contributed by atoms with Gasteiger partial charge in [0.1, 0.15) is 11.0 Å². The van der Waals surface area contributed by atoms with Crippen molar-refractivity contribution in [1.29, 1.82) is 0 Å². The highest BCUT2D eigenvalue weighted by molar-refractivity contribution is 9.10. The molecule has 0 aliphatic rings. The molecule has 3 nitrogen and oxygen atoms in total. The van der Waals surface area contributed by atoms with Crippen molar-refractivity contribution in [2.24, 2.45) is 0 Å². The molecule has 0 radical (unpaired) electrons. The number of nitrogens with zero attached hydrogens (tertiary/aromatic N) is 1. The third kappa shape index (κ3) is 3.11. The van der Waals surface area contributed by atoms with Gasteiger partial charge in [0.05, 0.1) is 5.56 Å². The summed E-state index contributed by atoms with van der Waals surface area (Å²) in [6.45, 7) is 0. The summed E-state index contributed by atoms with van der Waals surface area (Å²) in [5, 5.41) is 9.17. The quantitative estimate of drug-likeness (QED) is 0.859. The van der Waals surface area contributed by atoms with Crippen LogP contribution < -0.4 is 0 Å². The molecule has 1 aromatic carbocycles. The van der Waals surface area contributed by atoms with Crippen LogP contribution in [-0.2, 0) is 6.42 Å². The van der Waals surface area contributed by atoms with E-state index >= 15 is 0 Å². The summed E-state index contributed by atoms with van der Waals surface area (Å²) in [4.78, 5) is 15.0. The first-order chi connectivity index (χ1) is 8.99. The van der Waals surface area contributed by atoms with E-state index in [4.69, 9.17) is 16.7 Å². The highest BCUT2D eigenvalue weighted by Gasteiger charge is 2.16. The molecule has 2 rings (SSSR count). The summed E-state index contributed by atoms with van der Waals surface area (Å²) in [6.07, 6.45) is 1.39. The first kappa shape index (κ1) is 14.0. The summed E-state index contributed by atoms with van der Waals surface area (Å²) in [7, 11) is 0. The Kier molecular flexibility index (Phi) is 4.17. The van der Waals surface area contributed by atoms with E-state index in [1.54, 1.807) is 12.1 Å². The number of aromatic nitrogens is 1. The minimum absolute atomic E-state index is 0.0299. The summed E-state index contributed by atoms with van der Waals surface area (Å²) < 4.78 is 14.4. The van der Waals surface area contributed by atoms with E-state index in [0.29, 0.717) is 15.6 Å². The van der Waals surface area contributed by atoms with Crippen molar-refractivity contribution in [3.8, 4) is 0 Å². The van der Waals surface area contributed by atoms with E-state index in [1.165, 1.54) is 18.3 Å². The fourth-order valence-electron chi connectivity index (χ4n) is 1.69. The summed E-state index contributed by atoms with van der Waals surface area (Å²) in [6, 6.07) is 5.93. The van der Waals surface area contributed by atoms with Crippen LogP contribution in [0.4, 0.5) is 4.39 Å². The third-order valence-electron chi connectivity index (χ3n) is 2.62. The zero-order valence-electron chi connectivity index (χ0n) is 9.53. The molecule has 98 valence electrons. The molecule has 19 heavy (non-hydrogen) atoms. The van der Waals surface area contributed by atoms with Crippen molar-refractivity contribution in [3.63, 3.8) is 0 Å². The van der Waals surface area contributed by atoms with E-state index in [2.05, 4.69) is 20.9 Å². The molecule has 0 fully saturated rings. The molecule has 0 bridgehead atoms. The Bertz CT molecular complexity index is 649. The minimum Gasteiger partial charge on any atom is -0.478 e. The van der Waals surface area contributed by atoms with Crippen molar-refractivity contribution in [1.82, 2.24) is 4.98 Å². The Labute approximate surface area is 122 Å². The first-order valence-corrected chi connectivity index (χ1v) is 6.46. The highest BCUT2D eigenvalue weighted by atomic mass is 79.9. The Morgan fingerprint density at radius 1 is 1.42 bits per heavy atom. The maximum absolute atomic E-state index is 13.8. The predicted octanol–water partition coefficient (Wildman–Crippen LogP) is 3.93. The molecule has 0 atom stereocenters. The maximum atomic E-state index is 13.8. The topological polar surface area (TPSA) is 50.2 Å². The molecule has 0 unspecified atom stereocenters. The van der Waals surface area contributed by atoms with Crippen molar-refractivity contribution in [2.75, 3.05) is 0 Å². The number of pyridine rings is 1. The molecule has 0 aliphatic carbocycles. The number of hydrogen-bond donors (Lipinski definition) is 1. The van der Waals surface area contributed by atoms with Crippen LogP contribution in [0, 0.1) is 5.82 Å². The van der Waals surface area contributed by atoms with Crippen LogP contribution in [0.1, 0.15) is 21.5 Å². The van der Waals surface area contributed by atoms with Gasteiger partial charge >= 0.3 is 5.97 Å². The van der Waals surface area contributed by atoms with Gasteiger partial charge in [-0.1, -0.05) is 33.6 Å². The average molecular weight is 345 g/mol. The number of hydrogen-bond acceptors (Lipinski definition) is 2. The van der Waals surface area contributed by atoms with Crippen LogP contribution in [0.15, 0.2) is 34.9 Å². The number of rotatable bonds is 3. The molecule has 0 aliphatic heterocycles. The summed E-state index contributed by atoms with van der Waals surface area (Å²) >= 11 is 9.06. The van der Waals surface area contributed by atoms with Gasteiger partial charge < -0.3 is 5.11 Å². The second-order valence-corrected chi connectivity index (χ2v) is 5.12. The smallest absolute Gasteiger partial charge is 0.336 e. The van der Waals surface area contributed by atoms with E-state index in [-0.39, 0.29) is 17.1 Å². The largest absolute Gasteiger partial charge is 0.478 e. The standard InChI is InChI=1S/C13H8BrClFNO2/c14-8-2-1-7(11(16)6-8)5-10-9(13(18)19)3-4-17-12(10)15/h1-4,6H,5H2,(H,18,19). The Morgan fingerprint density at radius 3 is 2.79 bits per heavy atom. The molecule has 0 spiro atoms. The van der Waals surface area contributed by atoms with Gasteiger partial charge in [-0.3, -0.25) is 0 Å². The second kappa shape index (κ2) is 5.67. The van der Waals surface area contributed by atoms with Gasteiger partial charge in [-0.05, 0) is 23.8 Å². The monoisotopic (exact) mass is 343 g/mol. The Morgan fingerprint density at radius 2 is 2.16 bits per heavy atom. The van der Waals surface area contributed by atoms with Crippen molar-refractivity contribution in [2.45, 2.75) is 6.42 Å². The highest BCUT2D eigenvalue weighted by Crippen LogP contribution is 2.24. The maximum Gasteiger partial charge on any atom is 0.336 e. The minimum atomic E-state index is -1.11. The average Bonchev–Trinajstić information content (AvgIpc) is 2.34. The van der Waals surface area contributed by atoms with Gasteiger partial charge in [-0.2, -0.15) is 0 Å². The SMILES string of the molecule is O=C(O)c1ccnc(Cl)c1Cc1ccc(Br)cc1F. The van der Waals surface area contributed by atoms with Gasteiger partial charge in [0.25, 0.3) is 0 Å². The fourth-order valence-corrected chi connectivity index (χ4v) is 2.25. The molecular formula is C13H8BrClFNO2. The van der Waals surface area contributed by atoms with Crippen molar-refractivity contribution < 1.29 is 14.3 Å². The Balaban J connectivity index is 2.46. The number of carboxylic acids is 1. The number of aromatic carboxylic acids is 1. The normalized spacial score (nSPS) is 10.5. The van der Waals surface area contributed by atoms with E-state index in [1.807, 2.05) is 0 Å². The van der Waals surface area contributed by atoms with Crippen molar-refractivity contribution in [3.05, 3.63) is 62.6 Å². The predicted molar refractivity (Wildman–Crippen MR) is 73.1 cm³/mol. The van der Waals surface area contributed by atoms with Gasteiger partial charge in [0.15, 0.2) is 0 Å². The Hall–Kier alpha value is -1.46.